The molecule has 0 amide bonds. The fraction of sp³-hybridized carbons (Fsp3) is 0.107. The first-order chi connectivity index (χ1) is 17.9. The summed E-state index contributed by atoms with van der Waals surface area (Å²) in [5.74, 6) is 0.114. The molecule has 0 fully saturated rings. The highest BCUT2D eigenvalue weighted by Gasteiger charge is 2.11. The number of benzene rings is 3. The highest BCUT2D eigenvalue weighted by molar-refractivity contribution is 7.80. The second kappa shape index (κ2) is 10.3. The van der Waals surface area contributed by atoms with Gasteiger partial charge in [0.2, 0.25) is 0 Å². The Labute approximate surface area is 217 Å². The van der Waals surface area contributed by atoms with E-state index in [2.05, 4.69) is 25.6 Å². The number of para-hydroxylation sites is 1. The van der Waals surface area contributed by atoms with Crippen molar-refractivity contribution < 1.29 is 13.5 Å². The molecule has 0 aliphatic carbocycles. The average molecular weight is 516 g/mol. The van der Waals surface area contributed by atoms with E-state index in [0.29, 0.717) is 5.11 Å². The minimum Gasteiger partial charge on any atom is -0.435 e. The van der Waals surface area contributed by atoms with Crippen LogP contribution in [0.3, 0.4) is 0 Å². The number of ether oxygens (including phenoxy) is 1. The van der Waals surface area contributed by atoms with Crippen LogP contribution >= 0.6 is 12.2 Å². The molecule has 186 valence electrons. The Morgan fingerprint density at radius 2 is 1.81 bits per heavy atom. The fourth-order valence-electron chi connectivity index (χ4n) is 4.21. The largest absolute Gasteiger partial charge is 0.435 e. The van der Waals surface area contributed by atoms with Crippen molar-refractivity contribution in [1.29, 1.82) is 0 Å². The minimum atomic E-state index is -2.85. The zero-order valence-corrected chi connectivity index (χ0v) is 20.9. The summed E-state index contributed by atoms with van der Waals surface area (Å²) in [5.41, 5.74) is 9.44. The number of aryl methyl sites for hydroxylation is 2. The lowest BCUT2D eigenvalue weighted by Crippen LogP contribution is -2.24. The van der Waals surface area contributed by atoms with E-state index in [-0.39, 0.29) is 5.75 Å². The molecule has 2 N–H and O–H groups in total. The number of fused-ring (bicyclic) bond motifs is 3. The summed E-state index contributed by atoms with van der Waals surface area (Å²) >= 11 is 5.38. The Morgan fingerprint density at radius 3 is 2.54 bits per heavy atom. The lowest BCUT2D eigenvalue weighted by atomic mass is 10.1. The summed E-state index contributed by atoms with van der Waals surface area (Å²) in [5, 5.41) is 9.87. The van der Waals surface area contributed by atoms with Crippen molar-refractivity contribution >= 4 is 45.7 Å². The first-order valence-electron chi connectivity index (χ1n) is 11.5. The van der Waals surface area contributed by atoms with Crippen LogP contribution in [0.4, 0.5) is 14.5 Å². The topological polar surface area (TPSA) is 63.0 Å². The van der Waals surface area contributed by atoms with Crippen LogP contribution in [0.2, 0.25) is 0 Å². The van der Waals surface area contributed by atoms with Crippen molar-refractivity contribution in [3.05, 3.63) is 95.8 Å². The van der Waals surface area contributed by atoms with Crippen LogP contribution < -0.4 is 15.5 Å². The van der Waals surface area contributed by atoms with Gasteiger partial charge >= 0.3 is 6.61 Å². The number of anilines is 1. The quantitative estimate of drug-likeness (QED) is 0.150. The molecule has 0 saturated heterocycles. The van der Waals surface area contributed by atoms with E-state index in [1.165, 1.54) is 12.1 Å². The normalized spacial score (nSPS) is 11.5. The van der Waals surface area contributed by atoms with Crippen molar-refractivity contribution in [2.75, 3.05) is 5.32 Å². The summed E-state index contributed by atoms with van der Waals surface area (Å²) in [6, 6.07) is 20.5. The van der Waals surface area contributed by atoms with Crippen LogP contribution in [0.1, 0.15) is 16.7 Å². The lowest BCUT2D eigenvalue weighted by molar-refractivity contribution is -0.0498. The van der Waals surface area contributed by atoms with Gasteiger partial charge in [-0.1, -0.05) is 24.3 Å². The van der Waals surface area contributed by atoms with Crippen molar-refractivity contribution in [2.45, 2.75) is 20.5 Å². The molecular formula is C28H23F2N5OS. The Balaban J connectivity index is 1.32. The number of thiocarbonyl (C=S) groups is 1. The molecular weight excluding hydrogens is 492 g/mol. The zero-order valence-electron chi connectivity index (χ0n) is 20.1. The third kappa shape index (κ3) is 5.26. The molecule has 0 radical (unpaired) electrons. The lowest BCUT2D eigenvalue weighted by Gasteiger charge is -2.12. The molecule has 2 aromatic heterocycles. The molecule has 0 spiro atoms. The van der Waals surface area contributed by atoms with Gasteiger partial charge in [-0.15, -0.1) is 0 Å². The number of rotatable bonds is 6. The number of aromatic nitrogens is 2. The van der Waals surface area contributed by atoms with E-state index >= 15 is 0 Å². The second-order valence-electron chi connectivity index (χ2n) is 8.49. The minimum absolute atomic E-state index is 0.114. The summed E-state index contributed by atoms with van der Waals surface area (Å²) < 4.78 is 31.3. The fourth-order valence-corrected chi connectivity index (χ4v) is 4.36. The van der Waals surface area contributed by atoms with E-state index in [9.17, 15) is 8.78 Å². The predicted octanol–water partition coefficient (Wildman–Crippen LogP) is 6.69. The Hall–Kier alpha value is -4.37. The Morgan fingerprint density at radius 1 is 1.05 bits per heavy atom. The van der Waals surface area contributed by atoms with Crippen LogP contribution in [-0.2, 0) is 0 Å². The van der Waals surface area contributed by atoms with E-state index < -0.39 is 6.61 Å². The SMILES string of the molecule is Cc1cccc(C)c1NC(=S)N/N=C/c1ccc2c(ccn3c(-c4ccc(OC(F)F)cc4)cnc23)c1. The maximum absolute atomic E-state index is 12.4. The van der Waals surface area contributed by atoms with Crippen LogP contribution in [0, 0.1) is 13.8 Å². The molecule has 0 aliphatic heterocycles. The third-order valence-corrected chi connectivity index (χ3v) is 6.18. The van der Waals surface area contributed by atoms with Gasteiger partial charge in [0.05, 0.1) is 18.1 Å². The van der Waals surface area contributed by atoms with Gasteiger partial charge in [-0.2, -0.15) is 13.9 Å². The highest BCUT2D eigenvalue weighted by atomic mass is 32.1. The van der Waals surface area contributed by atoms with Crippen LogP contribution in [0.5, 0.6) is 5.75 Å². The zero-order chi connectivity index (χ0) is 25.9. The Bertz CT molecular complexity index is 1610. The summed E-state index contributed by atoms with van der Waals surface area (Å²) in [4.78, 5) is 4.60. The smallest absolute Gasteiger partial charge is 0.387 e. The van der Waals surface area contributed by atoms with Crippen LogP contribution in [0.15, 0.2) is 84.2 Å². The molecule has 5 rings (SSSR count). The number of halogens is 2. The molecule has 0 aliphatic rings. The van der Waals surface area contributed by atoms with E-state index in [1.54, 1.807) is 24.5 Å². The van der Waals surface area contributed by atoms with Crippen molar-refractivity contribution in [2.24, 2.45) is 5.10 Å². The van der Waals surface area contributed by atoms with Crippen molar-refractivity contribution in [3.63, 3.8) is 0 Å². The molecule has 0 atom stereocenters. The monoisotopic (exact) mass is 515 g/mol. The number of nitrogens with one attached hydrogen (secondary N) is 2. The molecule has 3 aromatic carbocycles. The number of hydrogen-bond acceptors (Lipinski definition) is 4. The third-order valence-electron chi connectivity index (χ3n) is 5.99. The summed E-state index contributed by atoms with van der Waals surface area (Å²) in [7, 11) is 0. The van der Waals surface area contributed by atoms with Crippen LogP contribution in [0.25, 0.3) is 27.7 Å². The van der Waals surface area contributed by atoms with E-state index in [1.807, 2.05) is 66.9 Å². The molecule has 0 unspecified atom stereocenters. The van der Waals surface area contributed by atoms with Gasteiger partial charge in [0, 0.05) is 22.8 Å². The number of nitrogens with zero attached hydrogens (tertiary/aromatic N) is 3. The van der Waals surface area contributed by atoms with Crippen LogP contribution in [-0.4, -0.2) is 27.3 Å². The summed E-state index contributed by atoms with van der Waals surface area (Å²) in [6.45, 7) is 1.20. The van der Waals surface area contributed by atoms with E-state index in [4.69, 9.17) is 12.2 Å². The predicted molar refractivity (Wildman–Crippen MR) is 148 cm³/mol. The summed E-state index contributed by atoms with van der Waals surface area (Å²) in [6.07, 6.45) is 5.41. The molecule has 5 aromatic rings. The maximum Gasteiger partial charge on any atom is 0.387 e. The molecule has 9 heteroatoms. The van der Waals surface area contributed by atoms with Gasteiger partial charge in [0.15, 0.2) is 5.11 Å². The number of imidazole rings is 1. The first kappa shape index (κ1) is 24.3. The molecule has 0 bridgehead atoms. The van der Waals surface area contributed by atoms with Gasteiger partial charge in [-0.25, -0.2) is 4.98 Å². The van der Waals surface area contributed by atoms with Crippen molar-refractivity contribution in [1.82, 2.24) is 14.8 Å². The van der Waals surface area contributed by atoms with Crippen molar-refractivity contribution in [3.8, 4) is 17.0 Å². The van der Waals surface area contributed by atoms with Gasteiger partial charge in [0.1, 0.15) is 11.4 Å². The van der Waals surface area contributed by atoms with Gasteiger partial charge in [-0.3, -0.25) is 9.83 Å². The number of hydrazone groups is 1. The standard InChI is InChI=1S/C28H23F2N5OS/c1-17-4-3-5-18(2)25(17)33-28(37)34-32-15-19-6-11-23-21(14-19)12-13-35-24(16-31-26(23)35)20-7-9-22(10-8-20)36-27(29)30/h3-16,27H,1-2H3,(H2,33,34,37)/b32-15+. The van der Waals surface area contributed by atoms with E-state index in [0.717, 1.165) is 50.1 Å². The Kier molecular flexibility index (Phi) is 6.78. The second-order valence-corrected chi connectivity index (χ2v) is 8.90. The molecule has 2 heterocycles. The average Bonchev–Trinajstić information content (AvgIpc) is 3.31. The molecule has 0 saturated carbocycles. The highest BCUT2D eigenvalue weighted by Crippen LogP contribution is 2.28. The van der Waals surface area contributed by atoms with Gasteiger partial charge < -0.3 is 10.1 Å². The maximum atomic E-state index is 12.4. The van der Waals surface area contributed by atoms with Gasteiger partial charge in [-0.05, 0) is 90.6 Å². The van der Waals surface area contributed by atoms with Gasteiger partial charge in [0.25, 0.3) is 0 Å². The molecule has 6 nitrogen and oxygen atoms in total. The number of pyridine rings is 1. The molecule has 37 heavy (non-hydrogen) atoms. The number of alkyl halides is 2. The first-order valence-corrected chi connectivity index (χ1v) is 11.9. The number of hydrogen-bond donors (Lipinski definition) is 2.